The molecule has 1 aromatic heterocycles. The molecule has 0 N–H and O–H groups in total. The van der Waals surface area contributed by atoms with E-state index in [0.717, 1.165) is 37.7 Å². The molecule has 0 aliphatic carbocycles. The van der Waals surface area contributed by atoms with Crippen LogP contribution in [-0.2, 0) is 6.54 Å². The van der Waals surface area contributed by atoms with Crippen LogP contribution in [0.25, 0.3) is 0 Å². The van der Waals surface area contributed by atoms with Gasteiger partial charge in [-0.1, -0.05) is 23.2 Å². The summed E-state index contributed by atoms with van der Waals surface area (Å²) in [4.78, 5) is 8.86. The van der Waals surface area contributed by atoms with Crippen LogP contribution >= 0.6 is 23.2 Å². The van der Waals surface area contributed by atoms with E-state index in [1.807, 2.05) is 24.3 Å². The molecule has 1 saturated heterocycles. The molecule has 0 amide bonds. The number of pyridine rings is 1. The van der Waals surface area contributed by atoms with Crippen LogP contribution in [0.15, 0.2) is 42.6 Å². The minimum Gasteiger partial charge on any atom is -0.369 e. The lowest BCUT2D eigenvalue weighted by atomic mass is 10.2. The highest BCUT2D eigenvalue weighted by Crippen LogP contribution is 2.20. The van der Waals surface area contributed by atoms with Crippen molar-refractivity contribution in [2.75, 3.05) is 31.1 Å². The Morgan fingerprint density at radius 1 is 0.952 bits per heavy atom. The third-order valence-corrected chi connectivity index (χ3v) is 4.22. The number of benzene rings is 1. The predicted molar refractivity (Wildman–Crippen MR) is 88.2 cm³/mol. The molecule has 110 valence electrons. The van der Waals surface area contributed by atoms with Gasteiger partial charge in [0.25, 0.3) is 0 Å². The summed E-state index contributed by atoms with van der Waals surface area (Å²) in [5, 5.41) is 1.35. The SMILES string of the molecule is Clc1ccc(N2CCN(Cc3ccnc(Cl)c3)CC2)cc1. The van der Waals surface area contributed by atoms with Gasteiger partial charge in [0.15, 0.2) is 0 Å². The predicted octanol–water partition coefficient (Wildman–Crippen LogP) is 3.71. The molecule has 1 aromatic carbocycles. The Hall–Kier alpha value is -1.29. The summed E-state index contributed by atoms with van der Waals surface area (Å²) in [7, 11) is 0. The van der Waals surface area contributed by atoms with Crippen molar-refractivity contribution in [3.63, 3.8) is 0 Å². The summed E-state index contributed by atoms with van der Waals surface area (Å²) >= 11 is 11.9. The third kappa shape index (κ3) is 3.88. The van der Waals surface area contributed by atoms with E-state index < -0.39 is 0 Å². The van der Waals surface area contributed by atoms with Gasteiger partial charge < -0.3 is 4.90 Å². The lowest BCUT2D eigenvalue weighted by molar-refractivity contribution is 0.250. The van der Waals surface area contributed by atoms with Crippen molar-refractivity contribution in [3.05, 3.63) is 58.3 Å². The van der Waals surface area contributed by atoms with Gasteiger partial charge in [-0.2, -0.15) is 0 Å². The fraction of sp³-hybridized carbons (Fsp3) is 0.312. The van der Waals surface area contributed by atoms with Gasteiger partial charge >= 0.3 is 0 Å². The highest BCUT2D eigenvalue weighted by atomic mass is 35.5. The zero-order valence-corrected chi connectivity index (χ0v) is 13.2. The van der Waals surface area contributed by atoms with E-state index in [0.29, 0.717) is 5.15 Å². The van der Waals surface area contributed by atoms with E-state index in [1.165, 1.54) is 11.3 Å². The fourth-order valence-corrected chi connectivity index (χ4v) is 2.94. The number of nitrogens with zero attached hydrogens (tertiary/aromatic N) is 3. The van der Waals surface area contributed by atoms with Crippen LogP contribution < -0.4 is 4.90 Å². The van der Waals surface area contributed by atoms with Crippen LogP contribution in [-0.4, -0.2) is 36.1 Å². The highest BCUT2D eigenvalue weighted by molar-refractivity contribution is 6.30. The molecule has 1 aliphatic rings. The van der Waals surface area contributed by atoms with Crippen molar-refractivity contribution in [1.29, 1.82) is 0 Å². The lowest BCUT2D eigenvalue weighted by Gasteiger charge is -2.36. The van der Waals surface area contributed by atoms with E-state index >= 15 is 0 Å². The molecule has 3 rings (SSSR count). The minimum atomic E-state index is 0.562. The molecule has 0 spiro atoms. The average molecular weight is 322 g/mol. The molecule has 0 unspecified atom stereocenters. The second kappa shape index (κ2) is 6.65. The normalized spacial score (nSPS) is 16.2. The number of halogens is 2. The van der Waals surface area contributed by atoms with E-state index in [1.54, 1.807) is 6.20 Å². The van der Waals surface area contributed by atoms with Gasteiger partial charge in [-0.25, -0.2) is 4.98 Å². The number of anilines is 1. The molecule has 0 bridgehead atoms. The maximum absolute atomic E-state index is 5.93. The van der Waals surface area contributed by atoms with Crippen molar-refractivity contribution < 1.29 is 0 Å². The van der Waals surface area contributed by atoms with Crippen molar-refractivity contribution in [2.45, 2.75) is 6.54 Å². The quantitative estimate of drug-likeness (QED) is 0.803. The van der Waals surface area contributed by atoms with E-state index in [-0.39, 0.29) is 0 Å². The molecule has 1 aliphatic heterocycles. The first kappa shape index (κ1) is 14.6. The summed E-state index contributed by atoms with van der Waals surface area (Å²) in [6.45, 7) is 5.07. The Morgan fingerprint density at radius 2 is 1.67 bits per heavy atom. The summed E-state index contributed by atoms with van der Waals surface area (Å²) in [5.41, 5.74) is 2.46. The van der Waals surface area contributed by atoms with Crippen molar-refractivity contribution in [2.24, 2.45) is 0 Å². The number of hydrogen-bond acceptors (Lipinski definition) is 3. The summed E-state index contributed by atoms with van der Waals surface area (Å²) in [6.07, 6.45) is 1.77. The summed E-state index contributed by atoms with van der Waals surface area (Å²) < 4.78 is 0. The van der Waals surface area contributed by atoms with Gasteiger partial charge in [0.1, 0.15) is 5.15 Å². The largest absolute Gasteiger partial charge is 0.369 e. The maximum Gasteiger partial charge on any atom is 0.129 e. The third-order valence-electron chi connectivity index (χ3n) is 3.76. The molecule has 0 radical (unpaired) electrons. The maximum atomic E-state index is 5.93. The lowest BCUT2D eigenvalue weighted by Crippen LogP contribution is -2.45. The minimum absolute atomic E-state index is 0.562. The van der Waals surface area contributed by atoms with Crippen LogP contribution in [0.1, 0.15) is 5.56 Å². The van der Waals surface area contributed by atoms with Crippen molar-refractivity contribution in [1.82, 2.24) is 9.88 Å². The number of aromatic nitrogens is 1. The number of hydrogen-bond donors (Lipinski definition) is 0. The molecule has 5 heteroatoms. The van der Waals surface area contributed by atoms with Crippen LogP contribution in [0.3, 0.4) is 0 Å². The standard InChI is InChI=1S/C16H17Cl2N3/c17-14-1-3-15(4-2-14)21-9-7-20(8-10-21)12-13-5-6-19-16(18)11-13/h1-6,11H,7-10,12H2. The molecule has 3 nitrogen and oxygen atoms in total. The molecule has 2 aromatic rings. The van der Waals surface area contributed by atoms with E-state index in [2.05, 4.69) is 26.9 Å². The van der Waals surface area contributed by atoms with Gasteiger partial charge in [0, 0.05) is 49.6 Å². The van der Waals surface area contributed by atoms with Gasteiger partial charge in [-0.05, 0) is 42.0 Å². The zero-order valence-electron chi connectivity index (χ0n) is 11.7. The van der Waals surface area contributed by atoms with Crippen LogP contribution in [0.5, 0.6) is 0 Å². The summed E-state index contributed by atoms with van der Waals surface area (Å²) in [5.74, 6) is 0. The number of piperazine rings is 1. The van der Waals surface area contributed by atoms with Crippen molar-refractivity contribution >= 4 is 28.9 Å². The Kier molecular flexibility index (Phi) is 4.63. The first-order valence-corrected chi connectivity index (χ1v) is 7.79. The Morgan fingerprint density at radius 3 is 2.33 bits per heavy atom. The number of rotatable bonds is 3. The monoisotopic (exact) mass is 321 g/mol. The summed E-state index contributed by atoms with van der Waals surface area (Å²) in [6, 6.07) is 12.0. The van der Waals surface area contributed by atoms with Crippen molar-refractivity contribution in [3.8, 4) is 0 Å². The van der Waals surface area contributed by atoms with Gasteiger partial charge in [0.05, 0.1) is 0 Å². The van der Waals surface area contributed by atoms with Crippen LogP contribution in [0, 0.1) is 0 Å². The van der Waals surface area contributed by atoms with Crippen LogP contribution in [0.4, 0.5) is 5.69 Å². The average Bonchev–Trinajstić information content (AvgIpc) is 2.49. The Labute approximate surface area is 135 Å². The molecule has 1 fully saturated rings. The van der Waals surface area contributed by atoms with Crippen LogP contribution in [0.2, 0.25) is 10.2 Å². The Bertz CT molecular complexity index is 593. The molecule has 2 heterocycles. The first-order valence-electron chi connectivity index (χ1n) is 7.04. The smallest absolute Gasteiger partial charge is 0.129 e. The molecular formula is C16H17Cl2N3. The highest BCUT2D eigenvalue weighted by Gasteiger charge is 2.17. The zero-order chi connectivity index (χ0) is 14.7. The van der Waals surface area contributed by atoms with E-state index in [9.17, 15) is 0 Å². The van der Waals surface area contributed by atoms with Gasteiger partial charge in [-0.15, -0.1) is 0 Å². The molecular weight excluding hydrogens is 305 g/mol. The molecule has 21 heavy (non-hydrogen) atoms. The molecule has 0 saturated carbocycles. The topological polar surface area (TPSA) is 19.4 Å². The first-order chi connectivity index (χ1) is 10.2. The second-order valence-electron chi connectivity index (χ2n) is 5.23. The fourth-order valence-electron chi connectivity index (χ4n) is 2.62. The van der Waals surface area contributed by atoms with E-state index in [4.69, 9.17) is 23.2 Å². The second-order valence-corrected chi connectivity index (χ2v) is 6.05. The van der Waals surface area contributed by atoms with Gasteiger partial charge in [-0.3, -0.25) is 4.90 Å². The Balaban J connectivity index is 1.56. The van der Waals surface area contributed by atoms with Gasteiger partial charge in [0.2, 0.25) is 0 Å². The molecule has 0 atom stereocenters.